The van der Waals surface area contributed by atoms with Gasteiger partial charge in [-0.05, 0) is 86.9 Å². The number of halogens is 1. The van der Waals surface area contributed by atoms with Gasteiger partial charge in [-0.3, -0.25) is 19.8 Å². The number of hydrogen-bond donors (Lipinski definition) is 3. The summed E-state index contributed by atoms with van der Waals surface area (Å²) in [6, 6.07) is 18.3. The number of urea groups is 1. The molecule has 9 rings (SSSR count). The van der Waals surface area contributed by atoms with Gasteiger partial charge in [-0.2, -0.15) is 5.26 Å². The summed E-state index contributed by atoms with van der Waals surface area (Å²) in [4.78, 5) is 54.2. The molecule has 0 atom stereocenters. The van der Waals surface area contributed by atoms with Crippen molar-refractivity contribution in [1.29, 1.82) is 5.26 Å². The molecule has 3 aromatic heterocycles. The maximum absolute atomic E-state index is 13.2. The molecule has 7 heterocycles. The average molecular weight is 787 g/mol. The molecule has 4 amide bonds. The van der Waals surface area contributed by atoms with Gasteiger partial charge in [0.15, 0.2) is 0 Å². The van der Waals surface area contributed by atoms with E-state index in [0.29, 0.717) is 41.2 Å². The molecule has 0 saturated carbocycles. The Kier molecular flexibility index (Phi) is 10.2. The summed E-state index contributed by atoms with van der Waals surface area (Å²) in [6.45, 7) is 7.17. The monoisotopic (exact) mass is 786 g/mol. The second kappa shape index (κ2) is 15.8. The lowest BCUT2D eigenvalue weighted by Gasteiger charge is -2.38. The van der Waals surface area contributed by atoms with E-state index in [4.69, 9.17) is 11.6 Å². The standard InChI is InChI=1S/C43H47ClN10O3/c44-34-5-7-38(41-40(34)29(24-45)25-47-41)52-20-10-30(11-21-52)48-42(56)35-6-4-32(26-46-35)51-18-8-28(9-19-51)27-50-16-12-31(13-17-50)53-22-14-33-36(53)2-1-3-37(33)54-23-15-39(55)49-43(54)57/h1-7,14,22,25-26,28,30-31,47H,8-13,15-21,23,27H2,(H,48,56)(H,49,55,57). The van der Waals surface area contributed by atoms with Gasteiger partial charge in [0, 0.05) is 94.0 Å². The van der Waals surface area contributed by atoms with Gasteiger partial charge >= 0.3 is 6.03 Å². The van der Waals surface area contributed by atoms with Gasteiger partial charge in [0.05, 0.1) is 44.9 Å². The maximum atomic E-state index is 13.2. The summed E-state index contributed by atoms with van der Waals surface area (Å²) in [6.07, 6.45) is 12.1. The summed E-state index contributed by atoms with van der Waals surface area (Å²) >= 11 is 6.41. The van der Waals surface area contributed by atoms with Crippen LogP contribution in [0.3, 0.4) is 0 Å². The second-order valence-electron chi connectivity index (χ2n) is 15.9. The largest absolute Gasteiger partial charge is 0.370 e. The minimum Gasteiger partial charge on any atom is -0.370 e. The zero-order chi connectivity index (χ0) is 39.0. The Labute approximate surface area is 336 Å². The highest BCUT2D eigenvalue weighted by Gasteiger charge is 2.29. The number of piperidine rings is 3. The predicted octanol–water partition coefficient (Wildman–Crippen LogP) is 6.44. The summed E-state index contributed by atoms with van der Waals surface area (Å²) in [7, 11) is 0. The molecule has 0 unspecified atom stereocenters. The van der Waals surface area contributed by atoms with Gasteiger partial charge in [0.2, 0.25) is 5.91 Å². The van der Waals surface area contributed by atoms with Crippen molar-refractivity contribution in [1.82, 2.24) is 30.1 Å². The van der Waals surface area contributed by atoms with Gasteiger partial charge in [-0.25, -0.2) is 9.78 Å². The number of carbonyl (C=O) groups excluding carboxylic acids is 3. The molecule has 57 heavy (non-hydrogen) atoms. The number of fused-ring (bicyclic) bond motifs is 2. The SMILES string of the molecule is N#Cc1c[nH]c2c(N3CCC(NC(=O)c4ccc(N5CCC(CN6CCC(n7ccc8c(N9CCC(=O)NC9=O)cccc87)CC6)CC5)cn4)CC3)ccc(Cl)c12. The number of pyridine rings is 1. The molecule has 4 aliphatic heterocycles. The van der Waals surface area contributed by atoms with Crippen molar-refractivity contribution < 1.29 is 14.4 Å². The van der Waals surface area contributed by atoms with E-state index in [0.717, 1.165) is 123 Å². The molecule has 0 radical (unpaired) electrons. The van der Waals surface area contributed by atoms with Gasteiger partial charge in [0.1, 0.15) is 11.8 Å². The number of nitrogens with zero attached hydrogens (tertiary/aromatic N) is 7. The third kappa shape index (κ3) is 7.40. The fraction of sp³-hybridized carbons (Fsp3) is 0.419. The Morgan fingerprint density at radius 3 is 2.42 bits per heavy atom. The van der Waals surface area contributed by atoms with Crippen molar-refractivity contribution in [3.05, 3.63) is 83.4 Å². The number of nitriles is 1. The predicted molar refractivity (Wildman–Crippen MR) is 222 cm³/mol. The number of hydrogen-bond acceptors (Lipinski definition) is 8. The molecule has 5 aromatic rings. The van der Waals surface area contributed by atoms with Gasteiger partial charge in [0.25, 0.3) is 5.91 Å². The molecule has 2 aromatic carbocycles. The van der Waals surface area contributed by atoms with Crippen LogP contribution in [-0.4, -0.2) is 95.7 Å². The van der Waals surface area contributed by atoms with Crippen molar-refractivity contribution in [3.63, 3.8) is 0 Å². The van der Waals surface area contributed by atoms with Gasteiger partial charge in [-0.1, -0.05) is 17.7 Å². The van der Waals surface area contributed by atoms with E-state index in [1.54, 1.807) is 11.1 Å². The lowest BCUT2D eigenvalue weighted by atomic mass is 9.94. The highest BCUT2D eigenvalue weighted by molar-refractivity contribution is 6.36. The summed E-state index contributed by atoms with van der Waals surface area (Å²) in [5, 5.41) is 17.5. The average Bonchev–Trinajstić information content (AvgIpc) is 3.88. The fourth-order valence-electron chi connectivity index (χ4n) is 9.41. The van der Waals surface area contributed by atoms with Crippen LogP contribution in [0.1, 0.15) is 67.0 Å². The van der Waals surface area contributed by atoms with E-state index in [-0.39, 0.29) is 23.9 Å². The third-order valence-electron chi connectivity index (χ3n) is 12.6. The quantitative estimate of drug-likeness (QED) is 0.163. The van der Waals surface area contributed by atoms with E-state index >= 15 is 0 Å². The van der Waals surface area contributed by atoms with Crippen molar-refractivity contribution in [2.45, 2.75) is 57.0 Å². The smallest absolute Gasteiger partial charge is 0.328 e. The Balaban J connectivity index is 0.721. The van der Waals surface area contributed by atoms with Gasteiger partial charge < -0.3 is 29.6 Å². The number of H-pyrrole nitrogens is 1. The number of amides is 4. The Morgan fingerprint density at radius 2 is 1.68 bits per heavy atom. The first-order valence-corrected chi connectivity index (χ1v) is 20.6. The van der Waals surface area contributed by atoms with Crippen molar-refractivity contribution in [2.75, 3.05) is 67.1 Å². The first kappa shape index (κ1) is 37.0. The number of imide groups is 1. The van der Waals surface area contributed by atoms with E-state index in [9.17, 15) is 19.6 Å². The van der Waals surface area contributed by atoms with E-state index in [2.05, 4.69) is 64.3 Å². The van der Waals surface area contributed by atoms with Crippen LogP contribution in [0.15, 0.2) is 67.1 Å². The van der Waals surface area contributed by atoms with Crippen LogP contribution in [-0.2, 0) is 4.79 Å². The molecule has 3 N–H and O–H groups in total. The number of likely N-dealkylation sites (tertiary alicyclic amines) is 1. The molecule has 294 valence electrons. The van der Waals surface area contributed by atoms with Crippen LogP contribution in [0, 0.1) is 17.2 Å². The zero-order valence-corrected chi connectivity index (χ0v) is 32.7. The number of anilines is 3. The second-order valence-corrected chi connectivity index (χ2v) is 16.3. The molecule has 4 fully saturated rings. The zero-order valence-electron chi connectivity index (χ0n) is 31.9. The Morgan fingerprint density at radius 1 is 0.895 bits per heavy atom. The van der Waals surface area contributed by atoms with Crippen LogP contribution >= 0.6 is 11.6 Å². The van der Waals surface area contributed by atoms with Crippen molar-refractivity contribution >= 4 is 68.3 Å². The highest BCUT2D eigenvalue weighted by Crippen LogP contribution is 2.36. The topological polar surface area (TPSA) is 146 Å². The molecule has 14 heteroatoms. The summed E-state index contributed by atoms with van der Waals surface area (Å²) in [5.41, 5.74) is 5.93. The van der Waals surface area contributed by atoms with Crippen molar-refractivity contribution in [2.24, 2.45) is 5.92 Å². The molecule has 0 aliphatic carbocycles. The summed E-state index contributed by atoms with van der Waals surface area (Å²) < 4.78 is 2.38. The lowest BCUT2D eigenvalue weighted by Crippen LogP contribution is -2.49. The first-order valence-electron chi connectivity index (χ1n) is 20.2. The minimum absolute atomic E-state index is 0.0633. The first-order chi connectivity index (χ1) is 27.8. The lowest BCUT2D eigenvalue weighted by molar-refractivity contribution is -0.120. The number of benzene rings is 2. The number of nitrogens with one attached hydrogen (secondary N) is 3. The number of rotatable bonds is 8. The van der Waals surface area contributed by atoms with Crippen LogP contribution in [0.5, 0.6) is 0 Å². The molecule has 0 bridgehead atoms. The van der Waals surface area contributed by atoms with Crippen LogP contribution in [0.2, 0.25) is 5.02 Å². The Hall–Kier alpha value is -5.58. The maximum Gasteiger partial charge on any atom is 0.328 e. The molecule has 13 nitrogen and oxygen atoms in total. The van der Waals surface area contributed by atoms with Gasteiger partial charge in [-0.15, -0.1) is 0 Å². The van der Waals surface area contributed by atoms with E-state index in [1.807, 2.05) is 42.6 Å². The normalized spacial score (nSPS) is 19.3. The van der Waals surface area contributed by atoms with E-state index in [1.165, 1.54) is 0 Å². The highest BCUT2D eigenvalue weighted by atomic mass is 35.5. The molecular formula is C43H47ClN10O3. The number of aromatic amines is 1. The molecular weight excluding hydrogens is 740 g/mol. The van der Waals surface area contributed by atoms with Crippen LogP contribution in [0.4, 0.5) is 21.9 Å². The molecule has 4 saturated heterocycles. The Bertz CT molecular complexity index is 2340. The van der Waals surface area contributed by atoms with Crippen molar-refractivity contribution in [3.8, 4) is 6.07 Å². The molecule has 4 aliphatic rings. The number of aromatic nitrogens is 3. The van der Waals surface area contributed by atoms with Crippen LogP contribution < -0.4 is 25.3 Å². The fourth-order valence-corrected chi connectivity index (χ4v) is 9.67. The number of carbonyl (C=O) groups is 3. The third-order valence-corrected chi connectivity index (χ3v) is 12.9. The minimum atomic E-state index is -0.350. The van der Waals surface area contributed by atoms with E-state index < -0.39 is 0 Å². The molecule has 0 spiro atoms. The summed E-state index contributed by atoms with van der Waals surface area (Å²) in [5.74, 6) is 0.295. The van der Waals surface area contributed by atoms with Crippen LogP contribution in [0.25, 0.3) is 21.8 Å².